The second kappa shape index (κ2) is 4.75. The highest BCUT2D eigenvalue weighted by atomic mass is 79.9. The van der Waals surface area contributed by atoms with Crippen LogP contribution >= 0.6 is 47.4 Å². The first-order chi connectivity index (χ1) is 4.04. The Morgan fingerprint density at radius 2 is 2.00 bits per heavy atom. The lowest BCUT2D eigenvalue weighted by Crippen LogP contribution is -1.84. The Labute approximate surface area is 80.9 Å². The standard InChI is InChI=1S/C5H6BBr3/c1-4(2)5(7)3-6(8)9/h3H,1H2,2H3/b5-3-. The summed E-state index contributed by atoms with van der Waals surface area (Å²) in [6, 6.07) is 0. The summed E-state index contributed by atoms with van der Waals surface area (Å²) in [6.07, 6.45) is 0. The number of rotatable bonds is 2. The SMILES string of the molecule is C=C(C)/C(Br)=C/B(Br)Br. The second-order valence-electron chi connectivity index (χ2n) is 1.63. The molecule has 0 aliphatic rings. The largest absolute Gasteiger partial charge is 0.323 e. The van der Waals surface area contributed by atoms with Crippen molar-refractivity contribution < 1.29 is 0 Å². The molecule has 0 radical (unpaired) electrons. The van der Waals surface area contributed by atoms with Crippen molar-refractivity contribution in [3.8, 4) is 0 Å². The Kier molecular flexibility index (Phi) is 5.27. The average molecular weight is 317 g/mol. The minimum Gasteiger partial charge on any atom is -0.133 e. The van der Waals surface area contributed by atoms with Gasteiger partial charge in [0.05, 0.1) is 0 Å². The maximum atomic E-state index is 3.75. The second-order valence-corrected chi connectivity index (χ2v) is 5.69. The molecule has 4 heteroatoms. The molecule has 0 aliphatic carbocycles. The molecule has 0 aromatic rings. The molecule has 0 aromatic carbocycles. The van der Waals surface area contributed by atoms with Crippen LogP contribution in [0.2, 0.25) is 0 Å². The Hall–Kier alpha value is 0.985. The number of hydrogen-bond acceptors (Lipinski definition) is 0. The molecule has 50 valence electrons. The summed E-state index contributed by atoms with van der Waals surface area (Å²) in [5, 5.41) is 0. The molecule has 0 aromatic heterocycles. The summed E-state index contributed by atoms with van der Waals surface area (Å²) >= 11 is 9.97. The molecule has 0 bridgehead atoms. The molecule has 0 N–H and O–H groups in total. The lowest BCUT2D eigenvalue weighted by molar-refractivity contribution is 1.55. The van der Waals surface area contributed by atoms with Crippen molar-refractivity contribution >= 4 is 51.8 Å². The fourth-order valence-electron chi connectivity index (χ4n) is 0.253. The van der Waals surface area contributed by atoms with Gasteiger partial charge in [0, 0.05) is 4.48 Å². The van der Waals surface area contributed by atoms with E-state index in [0.29, 0.717) is 0 Å². The highest BCUT2D eigenvalue weighted by molar-refractivity contribution is 9.49. The van der Waals surface area contributed by atoms with Gasteiger partial charge in [0.2, 0.25) is 0 Å². The van der Waals surface area contributed by atoms with E-state index in [1.54, 1.807) is 0 Å². The molecule has 0 fully saturated rings. The van der Waals surface area contributed by atoms with Gasteiger partial charge in [0.15, 0.2) is 0 Å². The van der Waals surface area contributed by atoms with E-state index in [0.717, 1.165) is 10.1 Å². The van der Waals surface area contributed by atoms with Crippen LogP contribution in [0.4, 0.5) is 0 Å². The van der Waals surface area contributed by atoms with Gasteiger partial charge >= 0.3 is 4.36 Å². The summed E-state index contributed by atoms with van der Waals surface area (Å²) in [4.78, 5) is 0. The Morgan fingerprint density at radius 3 is 2.11 bits per heavy atom. The molecule has 0 nitrogen and oxygen atoms in total. The minimum absolute atomic E-state index is 0.219. The van der Waals surface area contributed by atoms with Gasteiger partial charge in [-0.2, -0.15) is 0 Å². The van der Waals surface area contributed by atoms with Crippen LogP contribution in [0.25, 0.3) is 0 Å². The van der Waals surface area contributed by atoms with E-state index in [-0.39, 0.29) is 4.36 Å². The van der Waals surface area contributed by atoms with E-state index >= 15 is 0 Å². The Morgan fingerprint density at radius 1 is 1.56 bits per heavy atom. The van der Waals surface area contributed by atoms with Crippen molar-refractivity contribution in [2.75, 3.05) is 0 Å². The van der Waals surface area contributed by atoms with Crippen LogP contribution in [-0.4, -0.2) is 4.36 Å². The van der Waals surface area contributed by atoms with E-state index in [1.807, 2.05) is 12.9 Å². The van der Waals surface area contributed by atoms with Crippen molar-refractivity contribution in [1.29, 1.82) is 0 Å². The zero-order valence-corrected chi connectivity index (χ0v) is 9.75. The lowest BCUT2D eigenvalue weighted by atomic mass is 10.1. The average Bonchev–Trinajstić information content (AvgIpc) is 1.63. The van der Waals surface area contributed by atoms with Crippen LogP contribution in [0.15, 0.2) is 22.6 Å². The highest BCUT2D eigenvalue weighted by Crippen LogP contribution is 2.18. The zero-order chi connectivity index (χ0) is 7.44. The molecule has 0 rings (SSSR count). The fraction of sp³-hybridized carbons (Fsp3) is 0.200. The van der Waals surface area contributed by atoms with Gasteiger partial charge in [-0.25, -0.2) is 0 Å². The molecular formula is C5H6BBr3. The molecular weight excluding hydrogens is 311 g/mol. The van der Waals surface area contributed by atoms with Crippen molar-refractivity contribution in [3.63, 3.8) is 0 Å². The smallest absolute Gasteiger partial charge is 0.133 e. The number of hydrogen-bond donors (Lipinski definition) is 0. The summed E-state index contributed by atoms with van der Waals surface area (Å²) in [5.74, 6) is 1.97. The first-order valence-corrected chi connectivity index (χ1v) is 4.98. The molecule has 0 spiro atoms. The molecule has 0 aliphatic heterocycles. The zero-order valence-electron chi connectivity index (χ0n) is 5.00. The molecule has 9 heavy (non-hydrogen) atoms. The van der Waals surface area contributed by atoms with E-state index < -0.39 is 0 Å². The maximum absolute atomic E-state index is 3.75. The van der Waals surface area contributed by atoms with Gasteiger partial charge in [-0.15, -0.1) is 31.5 Å². The Bertz CT molecular complexity index is 139. The first-order valence-electron chi connectivity index (χ1n) is 2.35. The van der Waals surface area contributed by atoms with Crippen molar-refractivity contribution in [2.24, 2.45) is 0 Å². The molecule has 0 unspecified atom stereocenters. The third-order valence-electron chi connectivity index (χ3n) is 0.680. The maximum Gasteiger partial charge on any atom is 0.323 e. The van der Waals surface area contributed by atoms with Gasteiger partial charge in [-0.3, -0.25) is 0 Å². The van der Waals surface area contributed by atoms with Gasteiger partial charge < -0.3 is 0 Å². The molecule has 0 amide bonds. The van der Waals surface area contributed by atoms with Crippen molar-refractivity contribution in [2.45, 2.75) is 6.92 Å². The highest BCUT2D eigenvalue weighted by Gasteiger charge is 2.00. The molecule has 0 saturated carbocycles. The molecule has 0 saturated heterocycles. The third-order valence-corrected chi connectivity index (χ3v) is 2.15. The van der Waals surface area contributed by atoms with Crippen LogP contribution in [-0.2, 0) is 0 Å². The lowest BCUT2D eigenvalue weighted by Gasteiger charge is -1.94. The molecule has 0 heterocycles. The van der Waals surface area contributed by atoms with Crippen LogP contribution in [0.5, 0.6) is 0 Å². The van der Waals surface area contributed by atoms with E-state index in [4.69, 9.17) is 0 Å². The van der Waals surface area contributed by atoms with Crippen molar-refractivity contribution in [1.82, 2.24) is 0 Å². The van der Waals surface area contributed by atoms with E-state index in [1.165, 1.54) is 0 Å². The predicted octanol–water partition coefficient (Wildman–Crippen LogP) is 3.66. The summed E-state index contributed by atoms with van der Waals surface area (Å²) in [6.45, 7) is 5.70. The summed E-state index contributed by atoms with van der Waals surface area (Å²) in [7, 11) is 0. The third kappa shape index (κ3) is 5.43. The quantitative estimate of drug-likeness (QED) is 0.539. The normalized spacial score (nSPS) is 11.3. The van der Waals surface area contributed by atoms with Crippen LogP contribution in [0.1, 0.15) is 6.92 Å². The topological polar surface area (TPSA) is 0 Å². The van der Waals surface area contributed by atoms with Gasteiger partial charge in [0.25, 0.3) is 0 Å². The van der Waals surface area contributed by atoms with Gasteiger partial charge in [-0.1, -0.05) is 28.5 Å². The van der Waals surface area contributed by atoms with E-state index in [9.17, 15) is 0 Å². The summed E-state index contributed by atoms with van der Waals surface area (Å²) in [5.41, 5.74) is 1.03. The fourth-order valence-corrected chi connectivity index (χ4v) is 1.76. The van der Waals surface area contributed by atoms with Crippen molar-refractivity contribution in [3.05, 3.63) is 22.6 Å². The predicted molar refractivity (Wildman–Crippen MR) is 55.4 cm³/mol. The number of halogens is 3. The van der Waals surface area contributed by atoms with Gasteiger partial charge in [-0.05, 0) is 12.5 Å². The summed E-state index contributed by atoms with van der Waals surface area (Å²) < 4.78 is 1.25. The van der Waals surface area contributed by atoms with Crippen LogP contribution < -0.4 is 0 Å². The first kappa shape index (κ1) is 9.98. The van der Waals surface area contributed by atoms with Gasteiger partial charge in [0.1, 0.15) is 0 Å². The number of allylic oxidation sites excluding steroid dienone is 2. The Balaban J connectivity index is 4.00. The minimum atomic E-state index is 0.219. The van der Waals surface area contributed by atoms with E-state index in [2.05, 4.69) is 54.0 Å². The van der Waals surface area contributed by atoms with Crippen LogP contribution in [0, 0.1) is 0 Å². The molecule has 0 atom stereocenters. The van der Waals surface area contributed by atoms with Crippen LogP contribution in [0.3, 0.4) is 0 Å². The monoisotopic (exact) mass is 314 g/mol.